The van der Waals surface area contributed by atoms with Gasteiger partial charge in [-0.2, -0.15) is 5.10 Å². The molecule has 0 fully saturated rings. The van der Waals surface area contributed by atoms with Crippen molar-refractivity contribution in [1.29, 1.82) is 0 Å². The number of hydrogen-bond acceptors (Lipinski definition) is 4. The molecular formula is C16H15ClFN5. The van der Waals surface area contributed by atoms with Gasteiger partial charge in [0.15, 0.2) is 11.6 Å². The summed E-state index contributed by atoms with van der Waals surface area (Å²) in [5.41, 5.74) is 3.45. The molecule has 0 unspecified atom stereocenters. The lowest BCUT2D eigenvalue weighted by Crippen LogP contribution is -2.06. The average Bonchev–Trinajstić information content (AvgIpc) is 2.84. The normalized spacial score (nSPS) is 10.8. The number of anilines is 2. The molecule has 118 valence electrons. The van der Waals surface area contributed by atoms with Crippen molar-refractivity contribution in [3.8, 4) is 5.82 Å². The molecule has 3 rings (SSSR count). The highest BCUT2D eigenvalue weighted by molar-refractivity contribution is 6.31. The lowest BCUT2D eigenvalue weighted by Gasteiger charge is -2.10. The van der Waals surface area contributed by atoms with Crippen LogP contribution in [0, 0.1) is 26.6 Å². The summed E-state index contributed by atoms with van der Waals surface area (Å²) in [6, 6.07) is 8.27. The van der Waals surface area contributed by atoms with Crippen molar-refractivity contribution in [1.82, 2.24) is 20.0 Å². The highest BCUT2D eigenvalue weighted by Gasteiger charge is 2.10. The number of aryl methyl sites for hydroxylation is 3. The number of rotatable bonds is 3. The van der Waals surface area contributed by atoms with E-state index in [1.807, 2.05) is 32.9 Å². The molecule has 0 saturated carbocycles. The number of nitrogens with one attached hydrogen (secondary N) is 1. The minimum absolute atomic E-state index is 0.0554. The zero-order valence-electron chi connectivity index (χ0n) is 12.9. The second-order valence-electron chi connectivity index (χ2n) is 5.33. The number of hydrogen-bond donors (Lipinski definition) is 1. The van der Waals surface area contributed by atoms with E-state index >= 15 is 0 Å². The van der Waals surface area contributed by atoms with Crippen LogP contribution in [0.25, 0.3) is 5.82 Å². The number of aromatic nitrogens is 4. The summed E-state index contributed by atoms with van der Waals surface area (Å²) in [7, 11) is 0. The molecule has 0 saturated heterocycles. The van der Waals surface area contributed by atoms with Crippen molar-refractivity contribution < 1.29 is 4.39 Å². The van der Waals surface area contributed by atoms with Crippen LogP contribution in [0.3, 0.4) is 0 Å². The van der Waals surface area contributed by atoms with Gasteiger partial charge in [-0.1, -0.05) is 11.6 Å². The van der Waals surface area contributed by atoms with Crippen molar-refractivity contribution in [3.05, 3.63) is 58.1 Å². The van der Waals surface area contributed by atoms with E-state index < -0.39 is 5.82 Å². The predicted octanol–water partition coefficient (Wildman–Crippen LogP) is 4.12. The number of halogens is 2. The molecule has 7 heteroatoms. The first kappa shape index (κ1) is 15.4. The standard InChI is InChI=1S/C16H15ClFN5/c1-9-6-15(23-11(3)7-10(2)22-23)20-21-16(9)19-12-4-5-14(18)13(17)8-12/h4-8H,1-3H3,(H,19,21). The van der Waals surface area contributed by atoms with Gasteiger partial charge in [0.05, 0.1) is 10.7 Å². The molecule has 0 aliphatic heterocycles. The van der Waals surface area contributed by atoms with E-state index in [1.165, 1.54) is 12.1 Å². The lowest BCUT2D eigenvalue weighted by molar-refractivity contribution is 0.628. The molecule has 3 aromatic rings. The zero-order valence-corrected chi connectivity index (χ0v) is 13.7. The molecule has 23 heavy (non-hydrogen) atoms. The van der Waals surface area contributed by atoms with Crippen LogP contribution in [0.2, 0.25) is 5.02 Å². The summed E-state index contributed by atoms with van der Waals surface area (Å²) in [4.78, 5) is 0. The Morgan fingerprint density at radius 1 is 1.09 bits per heavy atom. The third-order valence-corrected chi connectivity index (χ3v) is 3.67. The summed E-state index contributed by atoms with van der Waals surface area (Å²) in [5.74, 6) is 0.772. The minimum Gasteiger partial charge on any atom is -0.338 e. The maximum absolute atomic E-state index is 13.2. The molecule has 0 aliphatic carbocycles. The number of nitrogens with zero attached hydrogens (tertiary/aromatic N) is 4. The Labute approximate surface area is 138 Å². The maximum Gasteiger partial charge on any atom is 0.176 e. The van der Waals surface area contributed by atoms with Crippen LogP contribution in [0.4, 0.5) is 15.9 Å². The van der Waals surface area contributed by atoms with Gasteiger partial charge < -0.3 is 5.32 Å². The fourth-order valence-corrected chi connectivity index (χ4v) is 2.45. The first-order valence-corrected chi connectivity index (χ1v) is 7.42. The third-order valence-electron chi connectivity index (χ3n) is 3.38. The second kappa shape index (κ2) is 5.96. The van der Waals surface area contributed by atoms with Crippen LogP contribution in [0.1, 0.15) is 17.0 Å². The summed E-state index contributed by atoms with van der Waals surface area (Å²) >= 11 is 5.78. The van der Waals surface area contributed by atoms with Crippen molar-refractivity contribution >= 4 is 23.1 Å². The van der Waals surface area contributed by atoms with E-state index in [1.54, 1.807) is 10.7 Å². The zero-order chi connectivity index (χ0) is 16.6. The molecule has 2 aromatic heterocycles. The van der Waals surface area contributed by atoms with E-state index in [0.29, 0.717) is 17.3 Å². The minimum atomic E-state index is -0.458. The topological polar surface area (TPSA) is 55.6 Å². The fraction of sp³-hybridized carbons (Fsp3) is 0.188. The van der Waals surface area contributed by atoms with E-state index in [9.17, 15) is 4.39 Å². The smallest absolute Gasteiger partial charge is 0.176 e. The molecule has 0 bridgehead atoms. The van der Waals surface area contributed by atoms with Gasteiger partial charge in [-0.3, -0.25) is 0 Å². The van der Waals surface area contributed by atoms with Gasteiger partial charge in [-0.25, -0.2) is 9.07 Å². The Hall–Kier alpha value is -2.47. The van der Waals surface area contributed by atoms with Crippen molar-refractivity contribution in [2.75, 3.05) is 5.32 Å². The molecule has 0 amide bonds. The first-order valence-electron chi connectivity index (χ1n) is 7.04. The highest BCUT2D eigenvalue weighted by atomic mass is 35.5. The predicted molar refractivity (Wildman–Crippen MR) is 88.1 cm³/mol. The summed E-state index contributed by atoms with van der Waals surface area (Å²) in [5, 5.41) is 15.9. The summed E-state index contributed by atoms with van der Waals surface area (Å²) < 4.78 is 14.9. The molecule has 5 nitrogen and oxygen atoms in total. The van der Waals surface area contributed by atoms with Gasteiger partial charge in [0.2, 0.25) is 0 Å². The molecule has 2 heterocycles. The second-order valence-corrected chi connectivity index (χ2v) is 5.73. The summed E-state index contributed by atoms with van der Waals surface area (Å²) in [6.45, 7) is 5.80. The van der Waals surface area contributed by atoms with E-state index in [-0.39, 0.29) is 5.02 Å². The van der Waals surface area contributed by atoms with E-state index in [2.05, 4.69) is 20.6 Å². The van der Waals surface area contributed by atoms with Crippen LogP contribution in [-0.4, -0.2) is 20.0 Å². The van der Waals surface area contributed by atoms with Crippen molar-refractivity contribution in [3.63, 3.8) is 0 Å². The van der Waals surface area contributed by atoms with Crippen LogP contribution in [0.5, 0.6) is 0 Å². The lowest BCUT2D eigenvalue weighted by atomic mass is 10.2. The Kier molecular flexibility index (Phi) is 4.00. The van der Waals surface area contributed by atoms with Gasteiger partial charge in [-0.05, 0) is 56.7 Å². The van der Waals surface area contributed by atoms with Crippen LogP contribution >= 0.6 is 11.6 Å². The Morgan fingerprint density at radius 3 is 2.48 bits per heavy atom. The third kappa shape index (κ3) is 3.17. The molecule has 0 atom stereocenters. The van der Waals surface area contributed by atoms with Crippen molar-refractivity contribution in [2.45, 2.75) is 20.8 Å². The van der Waals surface area contributed by atoms with Gasteiger partial charge in [0.1, 0.15) is 5.82 Å². The molecule has 0 spiro atoms. The highest BCUT2D eigenvalue weighted by Crippen LogP contribution is 2.23. The molecule has 1 N–H and O–H groups in total. The monoisotopic (exact) mass is 331 g/mol. The van der Waals surface area contributed by atoms with Gasteiger partial charge in [-0.15, -0.1) is 10.2 Å². The Balaban J connectivity index is 1.90. The fourth-order valence-electron chi connectivity index (χ4n) is 2.27. The SMILES string of the molecule is Cc1cc(C)n(-c2cc(C)c(Nc3ccc(F)c(Cl)c3)nn2)n1. The quantitative estimate of drug-likeness (QED) is 0.784. The van der Waals surface area contributed by atoms with E-state index in [0.717, 1.165) is 17.0 Å². The van der Waals surface area contributed by atoms with Crippen molar-refractivity contribution in [2.24, 2.45) is 0 Å². The van der Waals surface area contributed by atoms with Crippen LogP contribution in [-0.2, 0) is 0 Å². The number of benzene rings is 1. The first-order chi connectivity index (χ1) is 10.9. The van der Waals surface area contributed by atoms with Gasteiger partial charge in [0, 0.05) is 11.4 Å². The Bertz CT molecular complexity index is 875. The Morgan fingerprint density at radius 2 is 1.87 bits per heavy atom. The molecule has 0 radical (unpaired) electrons. The average molecular weight is 332 g/mol. The molecule has 0 aliphatic rings. The van der Waals surface area contributed by atoms with Gasteiger partial charge >= 0.3 is 0 Å². The van der Waals surface area contributed by atoms with E-state index in [4.69, 9.17) is 11.6 Å². The molecular weight excluding hydrogens is 317 g/mol. The van der Waals surface area contributed by atoms with Gasteiger partial charge in [0.25, 0.3) is 0 Å². The summed E-state index contributed by atoms with van der Waals surface area (Å²) in [6.07, 6.45) is 0. The largest absolute Gasteiger partial charge is 0.338 e. The van der Waals surface area contributed by atoms with Crippen LogP contribution < -0.4 is 5.32 Å². The van der Waals surface area contributed by atoms with Crippen LogP contribution in [0.15, 0.2) is 30.3 Å². The molecule has 1 aromatic carbocycles. The maximum atomic E-state index is 13.2.